The summed E-state index contributed by atoms with van der Waals surface area (Å²) in [5, 5.41) is 9.02. The van der Waals surface area contributed by atoms with Crippen molar-refractivity contribution in [2.75, 3.05) is 0 Å². The van der Waals surface area contributed by atoms with Gasteiger partial charge in [-0.3, -0.25) is 4.79 Å². The van der Waals surface area contributed by atoms with Crippen molar-refractivity contribution >= 4 is 38.9 Å². The molecule has 0 aliphatic rings. The van der Waals surface area contributed by atoms with Crippen LogP contribution in [0.4, 0.5) is 0 Å². The summed E-state index contributed by atoms with van der Waals surface area (Å²) in [4.78, 5) is 11.0. The Labute approximate surface area is 121 Å². The Morgan fingerprint density at radius 1 is 1.58 bits per heavy atom. The molecule has 0 unspecified atom stereocenters. The van der Waals surface area contributed by atoms with Gasteiger partial charge in [-0.2, -0.15) is 4.72 Å². The van der Waals surface area contributed by atoms with E-state index in [0.29, 0.717) is 16.3 Å². The van der Waals surface area contributed by atoms with Crippen molar-refractivity contribution in [2.24, 2.45) is 0 Å². The molecule has 0 radical (unpaired) electrons. The van der Waals surface area contributed by atoms with Crippen LogP contribution in [-0.4, -0.2) is 25.5 Å². The highest BCUT2D eigenvalue weighted by Gasteiger charge is 2.26. The average Bonchev–Trinajstić information content (AvgIpc) is 2.65. The number of hydrogen-bond acceptors (Lipinski definition) is 4. The van der Waals surface area contributed by atoms with Gasteiger partial charge in [-0.1, -0.05) is 31.4 Å². The SMILES string of the molecule is CCCC[C@H](NS(=O)(=O)c1cc(C)c(Cl)s1)C(=O)O. The smallest absolute Gasteiger partial charge is 0.321 e. The molecule has 1 rings (SSSR count). The Bertz CT molecular complexity index is 534. The second-order valence-corrected chi connectivity index (χ2v) is 7.77. The van der Waals surface area contributed by atoms with Gasteiger partial charge < -0.3 is 5.11 Å². The first-order chi connectivity index (χ1) is 8.77. The molecule has 0 aromatic carbocycles. The second-order valence-electron chi connectivity index (χ2n) is 4.18. The van der Waals surface area contributed by atoms with E-state index in [2.05, 4.69) is 4.72 Å². The van der Waals surface area contributed by atoms with Gasteiger partial charge >= 0.3 is 5.97 Å². The quantitative estimate of drug-likeness (QED) is 0.807. The highest BCUT2D eigenvalue weighted by atomic mass is 35.5. The number of thiophene rings is 1. The number of unbranched alkanes of at least 4 members (excludes halogenated alkanes) is 1. The molecule has 0 spiro atoms. The van der Waals surface area contributed by atoms with Crippen LogP contribution in [0.3, 0.4) is 0 Å². The van der Waals surface area contributed by atoms with Gasteiger partial charge in [0, 0.05) is 0 Å². The van der Waals surface area contributed by atoms with E-state index in [4.69, 9.17) is 16.7 Å². The maximum atomic E-state index is 12.1. The highest BCUT2D eigenvalue weighted by molar-refractivity contribution is 7.91. The predicted octanol–water partition coefficient (Wildman–Crippen LogP) is 2.63. The van der Waals surface area contributed by atoms with Crippen LogP contribution in [0, 0.1) is 6.92 Å². The molecule has 1 heterocycles. The Morgan fingerprint density at radius 3 is 2.63 bits per heavy atom. The molecule has 0 aliphatic heterocycles. The number of sulfonamides is 1. The van der Waals surface area contributed by atoms with Gasteiger partial charge in [-0.05, 0) is 25.0 Å². The number of aliphatic carboxylic acids is 1. The van der Waals surface area contributed by atoms with Crippen LogP contribution in [0.15, 0.2) is 10.3 Å². The van der Waals surface area contributed by atoms with Gasteiger partial charge in [0.1, 0.15) is 10.3 Å². The normalized spacial score (nSPS) is 13.4. The third kappa shape index (κ3) is 4.45. The third-order valence-corrected chi connectivity index (χ3v) is 6.04. The second kappa shape index (κ2) is 6.69. The van der Waals surface area contributed by atoms with E-state index in [0.717, 1.165) is 17.8 Å². The zero-order valence-electron chi connectivity index (χ0n) is 10.6. The minimum Gasteiger partial charge on any atom is -0.480 e. The lowest BCUT2D eigenvalue weighted by Crippen LogP contribution is -2.40. The fraction of sp³-hybridized carbons (Fsp3) is 0.545. The van der Waals surface area contributed by atoms with Crippen LogP contribution in [-0.2, 0) is 14.8 Å². The fourth-order valence-electron chi connectivity index (χ4n) is 1.45. The van der Waals surface area contributed by atoms with Crippen molar-refractivity contribution in [3.05, 3.63) is 16.0 Å². The van der Waals surface area contributed by atoms with Gasteiger partial charge in [0.15, 0.2) is 0 Å². The fourth-order valence-corrected chi connectivity index (χ4v) is 4.40. The number of aryl methyl sites for hydroxylation is 1. The van der Waals surface area contributed by atoms with Crippen LogP contribution in [0.2, 0.25) is 4.34 Å². The third-order valence-electron chi connectivity index (χ3n) is 2.54. The maximum absolute atomic E-state index is 12.1. The lowest BCUT2D eigenvalue weighted by atomic mass is 10.1. The molecule has 0 bridgehead atoms. The van der Waals surface area contributed by atoms with Crippen molar-refractivity contribution in [3.8, 4) is 0 Å². The Kier molecular flexibility index (Phi) is 5.79. The summed E-state index contributed by atoms with van der Waals surface area (Å²) in [6.45, 7) is 3.61. The largest absolute Gasteiger partial charge is 0.480 e. The Morgan fingerprint density at radius 2 is 2.21 bits per heavy atom. The van der Waals surface area contributed by atoms with Crippen molar-refractivity contribution in [2.45, 2.75) is 43.4 Å². The number of carbonyl (C=O) groups is 1. The standard InChI is InChI=1S/C11H16ClNO4S2/c1-3-4-5-8(11(14)15)13-19(16,17)9-6-7(2)10(12)18-9/h6,8,13H,3-5H2,1-2H3,(H,14,15)/t8-/m0/s1. The van der Waals surface area contributed by atoms with E-state index in [9.17, 15) is 13.2 Å². The topological polar surface area (TPSA) is 83.5 Å². The molecular formula is C11H16ClNO4S2. The number of hydrogen-bond donors (Lipinski definition) is 2. The molecule has 5 nitrogen and oxygen atoms in total. The number of carboxylic acids is 1. The molecule has 0 saturated heterocycles. The lowest BCUT2D eigenvalue weighted by Gasteiger charge is -2.13. The number of nitrogens with one attached hydrogen (secondary N) is 1. The average molecular weight is 326 g/mol. The van der Waals surface area contributed by atoms with Crippen molar-refractivity contribution in [3.63, 3.8) is 0 Å². The minimum atomic E-state index is -3.83. The van der Waals surface area contributed by atoms with Gasteiger partial charge in [-0.15, -0.1) is 11.3 Å². The zero-order valence-corrected chi connectivity index (χ0v) is 13.0. The summed E-state index contributed by atoms with van der Waals surface area (Å²) in [6, 6.07) is 0.333. The first kappa shape index (κ1) is 16.4. The molecule has 0 amide bonds. The lowest BCUT2D eigenvalue weighted by molar-refractivity contribution is -0.139. The minimum absolute atomic E-state index is 0.0396. The summed E-state index contributed by atoms with van der Waals surface area (Å²) in [5.41, 5.74) is 0.660. The highest BCUT2D eigenvalue weighted by Crippen LogP contribution is 2.30. The van der Waals surface area contributed by atoms with Crippen LogP contribution in [0.25, 0.3) is 0 Å². The predicted molar refractivity (Wildman–Crippen MR) is 75.3 cm³/mol. The van der Waals surface area contributed by atoms with Gasteiger partial charge in [0.05, 0.1) is 4.34 Å². The van der Waals surface area contributed by atoms with Crippen molar-refractivity contribution in [1.82, 2.24) is 4.72 Å². The van der Waals surface area contributed by atoms with Crippen molar-refractivity contribution in [1.29, 1.82) is 0 Å². The molecule has 1 aromatic rings. The molecular weight excluding hydrogens is 310 g/mol. The first-order valence-electron chi connectivity index (χ1n) is 5.79. The molecule has 19 heavy (non-hydrogen) atoms. The molecule has 0 saturated carbocycles. The number of halogens is 1. The monoisotopic (exact) mass is 325 g/mol. The molecule has 0 fully saturated rings. The van der Waals surface area contributed by atoms with E-state index in [1.54, 1.807) is 6.92 Å². The molecule has 2 N–H and O–H groups in total. The van der Waals surface area contributed by atoms with Crippen LogP contribution >= 0.6 is 22.9 Å². The summed E-state index contributed by atoms with van der Waals surface area (Å²) in [7, 11) is -3.83. The Balaban J connectivity index is 2.90. The van der Waals surface area contributed by atoms with Crippen LogP contribution in [0.5, 0.6) is 0 Å². The van der Waals surface area contributed by atoms with E-state index in [-0.39, 0.29) is 10.6 Å². The summed E-state index contributed by atoms with van der Waals surface area (Å²) in [5.74, 6) is -1.17. The Hall–Kier alpha value is -0.630. The van der Waals surface area contributed by atoms with E-state index in [1.807, 2.05) is 6.92 Å². The van der Waals surface area contributed by atoms with E-state index >= 15 is 0 Å². The zero-order chi connectivity index (χ0) is 14.6. The molecule has 1 atom stereocenters. The van der Waals surface area contributed by atoms with Crippen LogP contribution < -0.4 is 4.72 Å². The summed E-state index contributed by atoms with van der Waals surface area (Å²) >= 11 is 6.75. The maximum Gasteiger partial charge on any atom is 0.321 e. The van der Waals surface area contributed by atoms with Gasteiger partial charge in [0.25, 0.3) is 10.0 Å². The number of rotatable bonds is 7. The van der Waals surface area contributed by atoms with E-state index < -0.39 is 22.0 Å². The van der Waals surface area contributed by atoms with E-state index in [1.165, 1.54) is 6.07 Å². The number of carboxylic acid groups (broad SMARTS) is 1. The molecule has 0 aliphatic carbocycles. The molecule has 1 aromatic heterocycles. The first-order valence-corrected chi connectivity index (χ1v) is 8.46. The van der Waals surface area contributed by atoms with Crippen molar-refractivity contribution < 1.29 is 18.3 Å². The van der Waals surface area contributed by atoms with Gasteiger partial charge in [-0.25, -0.2) is 8.42 Å². The molecule has 8 heteroatoms. The molecule has 108 valence electrons. The van der Waals surface area contributed by atoms with Gasteiger partial charge in [0.2, 0.25) is 0 Å². The van der Waals surface area contributed by atoms with Crippen LogP contribution in [0.1, 0.15) is 31.7 Å². The summed E-state index contributed by atoms with van der Waals surface area (Å²) < 4.78 is 26.7. The summed E-state index contributed by atoms with van der Waals surface area (Å²) in [6.07, 6.45) is 1.71.